The molecule has 0 atom stereocenters. The summed E-state index contributed by atoms with van der Waals surface area (Å²) in [5.41, 5.74) is 5.61. The van der Waals surface area contributed by atoms with E-state index in [0.717, 1.165) is 6.54 Å². The first-order valence-corrected chi connectivity index (χ1v) is 5.87. The van der Waals surface area contributed by atoms with Gasteiger partial charge in [-0.2, -0.15) is 4.57 Å². The molecule has 0 unspecified atom stereocenters. The summed E-state index contributed by atoms with van der Waals surface area (Å²) in [4.78, 5) is 0. The summed E-state index contributed by atoms with van der Waals surface area (Å²) in [7, 11) is 0. The van der Waals surface area contributed by atoms with E-state index in [-0.39, 0.29) is 0 Å². The van der Waals surface area contributed by atoms with E-state index >= 15 is 0 Å². The maximum absolute atomic E-state index is 2.33. The van der Waals surface area contributed by atoms with Gasteiger partial charge in [-0.25, -0.2) is 0 Å². The van der Waals surface area contributed by atoms with Crippen LogP contribution in [0.4, 0.5) is 0 Å². The Kier molecular flexibility index (Phi) is 2.06. The molecule has 0 saturated carbocycles. The molecule has 1 nitrogen and oxygen atoms in total. The highest BCUT2D eigenvalue weighted by Gasteiger charge is 2.25. The Morgan fingerprint density at radius 3 is 2.75 bits per heavy atom. The molecule has 16 heavy (non-hydrogen) atoms. The number of nitrogens with zero attached hydrogens (tertiary/aromatic N) is 1. The molecule has 80 valence electrons. The Labute approximate surface area is 96.4 Å². The molecule has 0 bridgehead atoms. The van der Waals surface area contributed by atoms with Crippen LogP contribution in [0.2, 0.25) is 0 Å². The zero-order valence-corrected chi connectivity index (χ0v) is 9.77. The number of fused-ring (bicyclic) bond motifs is 3. The lowest BCUT2D eigenvalue weighted by molar-refractivity contribution is -0.672. The fourth-order valence-corrected chi connectivity index (χ4v) is 2.37. The molecular formula is C15H16N+. The molecule has 2 aromatic rings. The molecule has 1 aromatic heterocycles. The zero-order valence-electron chi connectivity index (χ0n) is 9.77. The number of pyridine rings is 1. The maximum Gasteiger partial charge on any atom is 0.213 e. The maximum atomic E-state index is 2.33. The fraction of sp³-hybridized carbons (Fsp3) is 0.267. The molecule has 2 heterocycles. The molecule has 1 heteroatoms. The zero-order chi connectivity index (χ0) is 11.1. The second-order valence-electron chi connectivity index (χ2n) is 4.79. The molecule has 0 saturated heterocycles. The highest BCUT2D eigenvalue weighted by Crippen LogP contribution is 2.28. The molecule has 0 amide bonds. The number of rotatable bonds is 1. The standard InChI is InChI=1S/C15H16N/c1-11(2)12-7-8-16-10-13-5-3-4-6-14(13)15(16)9-12/h3-9,11H,10H2,1-2H3/q+1. The van der Waals surface area contributed by atoms with Crippen molar-refractivity contribution in [3.05, 3.63) is 53.7 Å². The van der Waals surface area contributed by atoms with Crippen molar-refractivity contribution in [3.8, 4) is 11.3 Å². The molecule has 0 spiro atoms. The summed E-state index contributed by atoms with van der Waals surface area (Å²) in [5.74, 6) is 0.596. The normalized spacial score (nSPS) is 12.7. The van der Waals surface area contributed by atoms with Crippen molar-refractivity contribution < 1.29 is 4.57 Å². The van der Waals surface area contributed by atoms with Gasteiger partial charge >= 0.3 is 0 Å². The van der Waals surface area contributed by atoms with Crippen LogP contribution >= 0.6 is 0 Å². The van der Waals surface area contributed by atoms with Crippen LogP contribution in [-0.2, 0) is 6.54 Å². The summed E-state index contributed by atoms with van der Waals surface area (Å²) < 4.78 is 2.33. The van der Waals surface area contributed by atoms with Crippen molar-refractivity contribution in [1.82, 2.24) is 0 Å². The van der Waals surface area contributed by atoms with Gasteiger partial charge in [-0.3, -0.25) is 0 Å². The Hall–Kier alpha value is -1.63. The van der Waals surface area contributed by atoms with Gasteiger partial charge < -0.3 is 0 Å². The van der Waals surface area contributed by atoms with E-state index in [0.29, 0.717) is 5.92 Å². The molecule has 0 N–H and O–H groups in total. The first-order valence-electron chi connectivity index (χ1n) is 5.87. The summed E-state index contributed by atoms with van der Waals surface area (Å²) in [6.07, 6.45) is 2.21. The van der Waals surface area contributed by atoms with Crippen molar-refractivity contribution in [2.45, 2.75) is 26.3 Å². The molecule has 0 radical (unpaired) electrons. The monoisotopic (exact) mass is 210 g/mol. The third-order valence-corrected chi connectivity index (χ3v) is 3.36. The number of hydrogen-bond donors (Lipinski definition) is 0. The molecular weight excluding hydrogens is 194 g/mol. The SMILES string of the molecule is CC(C)c1cc[n+]2c(c1)-c1ccccc1C2. The van der Waals surface area contributed by atoms with Gasteiger partial charge in [-0.15, -0.1) is 0 Å². The summed E-state index contributed by atoms with van der Waals surface area (Å²) in [6, 6.07) is 13.2. The molecule has 3 rings (SSSR count). The third-order valence-electron chi connectivity index (χ3n) is 3.36. The molecule has 1 aromatic carbocycles. The second-order valence-corrected chi connectivity index (χ2v) is 4.79. The fourth-order valence-electron chi connectivity index (χ4n) is 2.37. The van der Waals surface area contributed by atoms with Crippen LogP contribution in [0, 0.1) is 0 Å². The van der Waals surface area contributed by atoms with Crippen LogP contribution in [0.3, 0.4) is 0 Å². The minimum atomic E-state index is 0.596. The van der Waals surface area contributed by atoms with Gasteiger partial charge in [0.2, 0.25) is 5.69 Å². The Balaban J connectivity index is 2.18. The smallest absolute Gasteiger partial charge is 0.194 e. The molecule has 0 aliphatic carbocycles. The lowest BCUT2D eigenvalue weighted by atomic mass is 10.0. The van der Waals surface area contributed by atoms with Gasteiger partial charge in [0.15, 0.2) is 12.7 Å². The number of hydrogen-bond acceptors (Lipinski definition) is 0. The van der Waals surface area contributed by atoms with Crippen LogP contribution in [-0.4, -0.2) is 0 Å². The van der Waals surface area contributed by atoms with Gasteiger partial charge in [0.1, 0.15) is 0 Å². The average molecular weight is 210 g/mol. The van der Waals surface area contributed by atoms with E-state index in [9.17, 15) is 0 Å². The Bertz CT molecular complexity index is 541. The van der Waals surface area contributed by atoms with Gasteiger partial charge in [-0.05, 0) is 17.5 Å². The minimum absolute atomic E-state index is 0.596. The molecule has 1 aliphatic heterocycles. The number of benzene rings is 1. The largest absolute Gasteiger partial charge is 0.213 e. The van der Waals surface area contributed by atoms with E-state index in [1.165, 1.54) is 22.4 Å². The van der Waals surface area contributed by atoms with E-state index < -0.39 is 0 Å². The van der Waals surface area contributed by atoms with Crippen LogP contribution in [0.1, 0.15) is 30.9 Å². The Morgan fingerprint density at radius 1 is 1.12 bits per heavy atom. The first-order chi connectivity index (χ1) is 7.75. The van der Waals surface area contributed by atoms with Crippen LogP contribution in [0.25, 0.3) is 11.3 Å². The van der Waals surface area contributed by atoms with Gasteiger partial charge in [0.25, 0.3) is 0 Å². The second kappa shape index (κ2) is 3.44. The average Bonchev–Trinajstić information content (AvgIpc) is 2.66. The predicted octanol–water partition coefficient (Wildman–Crippen LogP) is 3.13. The summed E-state index contributed by atoms with van der Waals surface area (Å²) >= 11 is 0. The van der Waals surface area contributed by atoms with Gasteiger partial charge in [0.05, 0.1) is 5.56 Å². The van der Waals surface area contributed by atoms with Crippen LogP contribution in [0.5, 0.6) is 0 Å². The summed E-state index contributed by atoms with van der Waals surface area (Å²) in [5, 5.41) is 0. The van der Waals surface area contributed by atoms with E-state index in [1.54, 1.807) is 0 Å². The lowest BCUT2D eigenvalue weighted by Crippen LogP contribution is -2.31. The van der Waals surface area contributed by atoms with E-state index in [4.69, 9.17) is 0 Å². The first kappa shape index (κ1) is 9.59. The van der Waals surface area contributed by atoms with Crippen molar-refractivity contribution in [3.63, 3.8) is 0 Å². The topological polar surface area (TPSA) is 3.88 Å². The molecule has 1 aliphatic rings. The van der Waals surface area contributed by atoms with Gasteiger partial charge in [0, 0.05) is 17.7 Å². The predicted molar refractivity (Wildman–Crippen MR) is 65.3 cm³/mol. The molecule has 0 fully saturated rings. The van der Waals surface area contributed by atoms with Crippen molar-refractivity contribution in [1.29, 1.82) is 0 Å². The highest BCUT2D eigenvalue weighted by atomic mass is 15.0. The third kappa shape index (κ3) is 1.35. The van der Waals surface area contributed by atoms with Crippen molar-refractivity contribution >= 4 is 0 Å². The van der Waals surface area contributed by atoms with Crippen molar-refractivity contribution in [2.75, 3.05) is 0 Å². The van der Waals surface area contributed by atoms with Gasteiger partial charge in [-0.1, -0.05) is 32.0 Å². The summed E-state index contributed by atoms with van der Waals surface area (Å²) in [6.45, 7) is 5.50. The number of aromatic nitrogens is 1. The van der Waals surface area contributed by atoms with E-state index in [1.807, 2.05) is 0 Å². The van der Waals surface area contributed by atoms with Crippen LogP contribution in [0.15, 0.2) is 42.6 Å². The highest BCUT2D eigenvalue weighted by molar-refractivity contribution is 5.63. The van der Waals surface area contributed by atoms with E-state index in [2.05, 4.69) is 61.0 Å². The Morgan fingerprint density at radius 2 is 1.94 bits per heavy atom. The lowest BCUT2D eigenvalue weighted by Gasteiger charge is -2.04. The quantitative estimate of drug-likeness (QED) is 0.543. The van der Waals surface area contributed by atoms with Crippen LogP contribution < -0.4 is 4.57 Å². The minimum Gasteiger partial charge on any atom is -0.194 e. The van der Waals surface area contributed by atoms with Crippen molar-refractivity contribution in [2.24, 2.45) is 0 Å².